The molecular weight excluding hydrogens is 330 g/mol. The molecule has 0 bridgehead atoms. The second-order valence-electron chi connectivity index (χ2n) is 5.89. The van der Waals surface area contributed by atoms with Gasteiger partial charge in [-0.25, -0.2) is 8.42 Å². The molecule has 0 aliphatic carbocycles. The molecule has 7 nitrogen and oxygen atoms in total. The molecule has 0 atom stereocenters. The third kappa shape index (κ3) is 3.93. The highest BCUT2D eigenvalue weighted by Gasteiger charge is 2.29. The number of aliphatic imine (C=N–C) groups is 1. The van der Waals surface area contributed by atoms with E-state index in [1.807, 2.05) is 0 Å². The number of likely N-dealkylation sites (tertiary alicyclic amines) is 1. The lowest BCUT2D eigenvalue weighted by molar-refractivity contribution is -0.144. The molecule has 1 fully saturated rings. The molecule has 2 heterocycles. The van der Waals surface area contributed by atoms with Crippen molar-refractivity contribution in [3.8, 4) is 0 Å². The summed E-state index contributed by atoms with van der Waals surface area (Å²) in [7, 11) is -3.52. The number of hydrogen-bond donors (Lipinski definition) is 1. The maximum atomic E-state index is 11.9. The number of rotatable bonds is 5. The Balaban J connectivity index is 1.49. The van der Waals surface area contributed by atoms with E-state index < -0.39 is 10.0 Å². The van der Waals surface area contributed by atoms with E-state index >= 15 is 0 Å². The first-order valence-corrected chi connectivity index (χ1v) is 9.59. The zero-order valence-corrected chi connectivity index (χ0v) is 14.2. The van der Waals surface area contributed by atoms with Crippen molar-refractivity contribution in [2.75, 3.05) is 32.8 Å². The van der Waals surface area contributed by atoms with Crippen LogP contribution in [0.4, 0.5) is 0 Å². The van der Waals surface area contributed by atoms with Crippen LogP contribution in [0.3, 0.4) is 0 Å². The van der Waals surface area contributed by atoms with Gasteiger partial charge in [-0.15, -0.1) is 0 Å². The summed E-state index contributed by atoms with van der Waals surface area (Å²) in [6, 6.07) is 6.67. The van der Waals surface area contributed by atoms with Crippen LogP contribution in [0.25, 0.3) is 0 Å². The number of amidine groups is 1. The molecule has 3 rings (SSSR count). The second kappa shape index (κ2) is 7.31. The van der Waals surface area contributed by atoms with Crippen LogP contribution in [-0.4, -0.2) is 57.9 Å². The van der Waals surface area contributed by atoms with Crippen LogP contribution in [0.5, 0.6) is 0 Å². The van der Waals surface area contributed by atoms with E-state index in [4.69, 9.17) is 4.74 Å². The fourth-order valence-electron chi connectivity index (χ4n) is 2.91. The molecule has 1 N–H and O–H groups in total. The Morgan fingerprint density at radius 2 is 1.96 bits per heavy atom. The first kappa shape index (κ1) is 16.9. The molecule has 0 amide bonds. The van der Waals surface area contributed by atoms with Gasteiger partial charge < -0.3 is 4.74 Å². The topological polar surface area (TPSA) is 88.1 Å². The number of carbonyl (C=O) groups excluding carboxylic acids is 1. The number of hydrogen-bond acceptors (Lipinski definition) is 6. The molecule has 0 aromatic heterocycles. The quantitative estimate of drug-likeness (QED) is 0.625. The molecule has 0 spiro atoms. The lowest BCUT2D eigenvalue weighted by Gasteiger charge is -2.25. The molecule has 2 aliphatic rings. The zero-order chi connectivity index (χ0) is 17.0. The average molecular weight is 351 g/mol. The van der Waals surface area contributed by atoms with Crippen molar-refractivity contribution < 1.29 is 17.9 Å². The van der Waals surface area contributed by atoms with Crippen molar-refractivity contribution in [1.82, 2.24) is 9.62 Å². The second-order valence-corrected chi connectivity index (χ2v) is 7.54. The summed E-state index contributed by atoms with van der Waals surface area (Å²) in [4.78, 5) is 18.3. The number of benzene rings is 1. The fourth-order valence-corrected chi connectivity index (χ4v) is 4.16. The van der Waals surface area contributed by atoms with Crippen molar-refractivity contribution in [1.29, 1.82) is 0 Å². The molecule has 0 radical (unpaired) electrons. The van der Waals surface area contributed by atoms with Crippen LogP contribution in [0.1, 0.15) is 24.8 Å². The van der Waals surface area contributed by atoms with Gasteiger partial charge in [0.05, 0.1) is 18.0 Å². The molecular formula is C16H21N3O4S. The van der Waals surface area contributed by atoms with E-state index in [1.54, 1.807) is 24.3 Å². The number of sulfonamides is 1. The summed E-state index contributed by atoms with van der Waals surface area (Å²) >= 11 is 0. The van der Waals surface area contributed by atoms with Crippen molar-refractivity contribution in [2.24, 2.45) is 4.99 Å². The Morgan fingerprint density at radius 1 is 1.21 bits per heavy atom. The van der Waals surface area contributed by atoms with Gasteiger partial charge in [0.15, 0.2) is 0 Å². The minimum absolute atomic E-state index is 0.139. The number of piperidine rings is 1. The van der Waals surface area contributed by atoms with E-state index in [-0.39, 0.29) is 24.0 Å². The predicted octanol–water partition coefficient (Wildman–Crippen LogP) is 0.754. The third-order valence-corrected chi connectivity index (χ3v) is 5.49. The van der Waals surface area contributed by atoms with Crippen LogP contribution < -0.4 is 4.72 Å². The summed E-state index contributed by atoms with van der Waals surface area (Å²) in [5.74, 6) is 0.0437. The summed E-state index contributed by atoms with van der Waals surface area (Å²) in [5, 5.41) is 0. The van der Waals surface area contributed by atoms with Crippen molar-refractivity contribution in [2.45, 2.75) is 24.2 Å². The van der Waals surface area contributed by atoms with E-state index in [1.165, 1.54) is 6.42 Å². The monoisotopic (exact) mass is 351 g/mol. The number of carbonyl (C=O) groups is 1. The molecule has 1 aromatic carbocycles. The number of esters is 1. The average Bonchev–Trinajstić information content (AvgIpc) is 2.84. The van der Waals surface area contributed by atoms with Crippen LogP contribution in [0.2, 0.25) is 0 Å². The SMILES string of the molecule is O=C(CN1CCCCC1)OCCN=C1NS(=O)(=O)c2ccccc21. The maximum absolute atomic E-state index is 11.9. The lowest BCUT2D eigenvalue weighted by atomic mass is 10.1. The lowest BCUT2D eigenvalue weighted by Crippen LogP contribution is -2.35. The highest BCUT2D eigenvalue weighted by molar-refractivity contribution is 7.90. The Morgan fingerprint density at radius 3 is 2.75 bits per heavy atom. The van der Waals surface area contributed by atoms with E-state index in [9.17, 15) is 13.2 Å². The molecule has 2 aliphatic heterocycles. The van der Waals surface area contributed by atoms with Gasteiger partial charge in [0.25, 0.3) is 10.0 Å². The summed E-state index contributed by atoms with van der Waals surface area (Å²) in [5.41, 5.74) is 0.553. The van der Waals surface area contributed by atoms with Gasteiger partial charge in [-0.05, 0) is 38.1 Å². The van der Waals surface area contributed by atoms with Crippen molar-refractivity contribution >= 4 is 21.8 Å². The smallest absolute Gasteiger partial charge is 0.320 e. The predicted molar refractivity (Wildman–Crippen MR) is 89.4 cm³/mol. The normalized spacial score (nSPS) is 21.2. The van der Waals surface area contributed by atoms with Crippen molar-refractivity contribution in [3.05, 3.63) is 29.8 Å². The highest BCUT2D eigenvalue weighted by Crippen LogP contribution is 2.21. The fraction of sp³-hybridized carbons (Fsp3) is 0.500. The minimum atomic E-state index is -3.52. The number of nitrogens with zero attached hydrogens (tertiary/aromatic N) is 2. The Labute approximate surface area is 141 Å². The van der Waals surface area contributed by atoms with Gasteiger partial charge in [-0.1, -0.05) is 18.6 Å². The van der Waals surface area contributed by atoms with Gasteiger partial charge in [-0.2, -0.15) is 0 Å². The van der Waals surface area contributed by atoms with Gasteiger partial charge in [-0.3, -0.25) is 19.4 Å². The molecule has 130 valence electrons. The van der Waals surface area contributed by atoms with Gasteiger partial charge in [0.1, 0.15) is 12.4 Å². The summed E-state index contributed by atoms with van der Waals surface area (Å²) < 4.78 is 31.5. The van der Waals surface area contributed by atoms with Crippen LogP contribution in [0.15, 0.2) is 34.2 Å². The molecule has 24 heavy (non-hydrogen) atoms. The van der Waals surface area contributed by atoms with Gasteiger partial charge >= 0.3 is 5.97 Å². The Kier molecular flexibility index (Phi) is 5.15. The van der Waals surface area contributed by atoms with Crippen LogP contribution in [0, 0.1) is 0 Å². The standard InChI is InChI=1S/C16H21N3O4S/c20-15(12-19-9-4-1-5-10-19)23-11-8-17-16-13-6-2-3-7-14(13)24(21,22)18-16/h2-3,6-7H,1,4-5,8-12H2,(H,17,18). The number of fused-ring (bicyclic) bond motifs is 1. The largest absolute Gasteiger partial charge is 0.463 e. The minimum Gasteiger partial charge on any atom is -0.463 e. The first-order valence-electron chi connectivity index (χ1n) is 8.11. The van der Waals surface area contributed by atoms with E-state index in [2.05, 4.69) is 14.6 Å². The Bertz CT molecular complexity index is 739. The highest BCUT2D eigenvalue weighted by atomic mass is 32.2. The van der Waals surface area contributed by atoms with Crippen LogP contribution >= 0.6 is 0 Å². The summed E-state index contributed by atoms with van der Waals surface area (Å²) in [6.07, 6.45) is 3.47. The first-order chi connectivity index (χ1) is 11.6. The molecule has 0 unspecified atom stereocenters. The molecule has 1 aromatic rings. The maximum Gasteiger partial charge on any atom is 0.320 e. The van der Waals surface area contributed by atoms with Gasteiger partial charge in [0.2, 0.25) is 0 Å². The third-order valence-electron chi connectivity index (χ3n) is 4.09. The molecule has 1 saturated heterocycles. The summed E-state index contributed by atoms with van der Waals surface area (Å²) in [6.45, 7) is 2.55. The van der Waals surface area contributed by atoms with E-state index in [0.717, 1.165) is 25.9 Å². The number of nitrogens with one attached hydrogen (secondary N) is 1. The zero-order valence-electron chi connectivity index (χ0n) is 13.4. The molecule has 0 saturated carbocycles. The van der Waals surface area contributed by atoms with Crippen molar-refractivity contribution in [3.63, 3.8) is 0 Å². The number of ether oxygens (including phenoxy) is 1. The van der Waals surface area contributed by atoms with E-state index in [0.29, 0.717) is 17.9 Å². The Hall–Kier alpha value is -1.93. The van der Waals surface area contributed by atoms with Crippen LogP contribution in [-0.2, 0) is 19.6 Å². The molecule has 8 heteroatoms. The van der Waals surface area contributed by atoms with Gasteiger partial charge in [0, 0.05) is 5.56 Å².